The van der Waals surface area contributed by atoms with Crippen LogP contribution in [0, 0.1) is 0 Å². The predicted molar refractivity (Wildman–Crippen MR) is 124 cm³/mol. The second-order valence-corrected chi connectivity index (χ2v) is 7.99. The van der Waals surface area contributed by atoms with Gasteiger partial charge in [-0.2, -0.15) is 0 Å². The van der Waals surface area contributed by atoms with Crippen molar-refractivity contribution in [2.24, 2.45) is 5.73 Å². The van der Waals surface area contributed by atoms with Crippen molar-refractivity contribution in [3.05, 3.63) is 42.1 Å². The molecule has 1 aromatic carbocycles. The largest absolute Gasteiger partial charge is 0.370 e. The molecule has 0 saturated carbocycles. The molecular weight excluding hydrogens is 390 g/mol. The van der Waals surface area contributed by atoms with Crippen molar-refractivity contribution in [1.82, 2.24) is 24.8 Å². The standard InChI is InChI=1S/C23H31N7O/c1-2-29-12-5-13-30(15-14-29)11-4-10-25-20-9-8-17(16-26-20)23-27-19-7-3-6-18(22(24)31)21(19)28-23/h3,6-9,16H,2,4-5,10-15H2,1H3,(H2,24,31)(H,25,26)(H,27,28). The number of nitrogens with two attached hydrogens (primary N) is 1. The molecule has 8 heteroatoms. The summed E-state index contributed by atoms with van der Waals surface area (Å²) in [6, 6.07) is 9.30. The highest BCUT2D eigenvalue weighted by Gasteiger charge is 2.14. The Bertz CT molecular complexity index is 1010. The van der Waals surface area contributed by atoms with Gasteiger partial charge in [0, 0.05) is 31.4 Å². The van der Waals surface area contributed by atoms with E-state index in [0.29, 0.717) is 16.9 Å². The zero-order valence-corrected chi connectivity index (χ0v) is 18.1. The van der Waals surface area contributed by atoms with Crippen LogP contribution >= 0.6 is 0 Å². The van der Waals surface area contributed by atoms with Gasteiger partial charge >= 0.3 is 0 Å². The number of H-pyrrole nitrogens is 1. The van der Waals surface area contributed by atoms with Gasteiger partial charge in [-0.3, -0.25) is 4.79 Å². The van der Waals surface area contributed by atoms with Gasteiger partial charge < -0.3 is 25.8 Å². The number of fused-ring (bicyclic) bond motifs is 1. The maximum absolute atomic E-state index is 11.6. The molecule has 0 unspecified atom stereocenters. The molecule has 4 N–H and O–H groups in total. The van der Waals surface area contributed by atoms with Crippen LogP contribution in [0.5, 0.6) is 0 Å². The minimum Gasteiger partial charge on any atom is -0.370 e. The average Bonchev–Trinajstić information content (AvgIpc) is 3.09. The fourth-order valence-electron chi connectivity index (χ4n) is 4.09. The van der Waals surface area contributed by atoms with Gasteiger partial charge in [0.05, 0.1) is 11.1 Å². The molecule has 4 rings (SSSR count). The summed E-state index contributed by atoms with van der Waals surface area (Å²) in [4.78, 5) is 29.0. The van der Waals surface area contributed by atoms with Crippen LogP contribution in [0.2, 0.25) is 0 Å². The first kappa shape index (κ1) is 21.3. The van der Waals surface area contributed by atoms with Gasteiger partial charge in [0.15, 0.2) is 0 Å². The molecule has 3 aromatic rings. The van der Waals surface area contributed by atoms with E-state index in [1.54, 1.807) is 18.3 Å². The Morgan fingerprint density at radius 3 is 2.77 bits per heavy atom. The molecule has 8 nitrogen and oxygen atoms in total. The fraction of sp³-hybridized carbons (Fsp3) is 0.435. The monoisotopic (exact) mass is 421 g/mol. The van der Waals surface area contributed by atoms with Crippen molar-refractivity contribution < 1.29 is 4.79 Å². The number of anilines is 1. The molecule has 0 atom stereocenters. The first-order chi connectivity index (χ1) is 15.1. The van der Waals surface area contributed by atoms with E-state index in [-0.39, 0.29) is 0 Å². The van der Waals surface area contributed by atoms with E-state index in [1.807, 2.05) is 18.2 Å². The number of nitrogens with zero attached hydrogens (tertiary/aromatic N) is 4. The topological polar surface area (TPSA) is 103 Å². The highest BCUT2D eigenvalue weighted by molar-refractivity contribution is 6.04. The average molecular weight is 422 g/mol. The highest BCUT2D eigenvalue weighted by Crippen LogP contribution is 2.23. The lowest BCUT2D eigenvalue weighted by Gasteiger charge is -2.20. The number of imidazole rings is 1. The molecule has 2 aromatic heterocycles. The van der Waals surface area contributed by atoms with Crippen LogP contribution in [0.3, 0.4) is 0 Å². The van der Waals surface area contributed by atoms with E-state index in [0.717, 1.165) is 49.5 Å². The normalized spacial score (nSPS) is 15.8. The van der Waals surface area contributed by atoms with Gasteiger partial charge in [-0.05, 0) is 63.3 Å². The molecule has 164 valence electrons. The summed E-state index contributed by atoms with van der Waals surface area (Å²) < 4.78 is 0. The van der Waals surface area contributed by atoms with Crippen LogP contribution in [0.25, 0.3) is 22.4 Å². The molecule has 0 bridgehead atoms. The second kappa shape index (κ2) is 9.89. The van der Waals surface area contributed by atoms with Gasteiger partial charge in [-0.25, -0.2) is 9.97 Å². The Hall–Kier alpha value is -2.97. The van der Waals surface area contributed by atoms with Crippen molar-refractivity contribution in [2.45, 2.75) is 19.8 Å². The van der Waals surface area contributed by atoms with E-state index in [4.69, 9.17) is 5.73 Å². The number of nitrogens with one attached hydrogen (secondary N) is 2. The third-order valence-corrected chi connectivity index (χ3v) is 5.90. The molecule has 1 aliphatic heterocycles. The van der Waals surface area contributed by atoms with Gasteiger partial charge in [0.2, 0.25) is 0 Å². The zero-order chi connectivity index (χ0) is 21.6. The van der Waals surface area contributed by atoms with Crippen molar-refractivity contribution in [2.75, 3.05) is 51.1 Å². The number of hydrogen-bond acceptors (Lipinski definition) is 6. The van der Waals surface area contributed by atoms with E-state index >= 15 is 0 Å². The van der Waals surface area contributed by atoms with Crippen LogP contribution in [-0.4, -0.2) is 76.5 Å². The maximum Gasteiger partial charge on any atom is 0.250 e. The fourth-order valence-corrected chi connectivity index (χ4v) is 4.09. The molecular formula is C23H31N7O. The van der Waals surface area contributed by atoms with Gasteiger partial charge in [0.1, 0.15) is 17.2 Å². The number of primary amides is 1. The third-order valence-electron chi connectivity index (χ3n) is 5.90. The molecule has 3 heterocycles. The number of carbonyl (C=O) groups is 1. The first-order valence-corrected chi connectivity index (χ1v) is 11.1. The summed E-state index contributed by atoms with van der Waals surface area (Å²) in [6.07, 6.45) is 4.14. The number of amides is 1. The van der Waals surface area contributed by atoms with Crippen molar-refractivity contribution >= 4 is 22.8 Å². The third kappa shape index (κ3) is 5.21. The summed E-state index contributed by atoms with van der Waals surface area (Å²) >= 11 is 0. The lowest BCUT2D eigenvalue weighted by molar-refractivity contribution is 0.100. The molecule has 0 radical (unpaired) electrons. The molecule has 1 aliphatic rings. The summed E-state index contributed by atoms with van der Waals surface area (Å²) in [5, 5.41) is 3.41. The summed E-state index contributed by atoms with van der Waals surface area (Å²) in [6.45, 7) is 10.2. The number of para-hydroxylation sites is 1. The smallest absolute Gasteiger partial charge is 0.250 e. The number of hydrogen-bond donors (Lipinski definition) is 3. The number of aromatic amines is 1. The second-order valence-electron chi connectivity index (χ2n) is 7.99. The number of aromatic nitrogens is 3. The predicted octanol–water partition coefficient (Wildman–Crippen LogP) is 2.55. The summed E-state index contributed by atoms with van der Waals surface area (Å²) in [5.74, 6) is 1.04. The van der Waals surface area contributed by atoms with Crippen molar-refractivity contribution in [3.8, 4) is 11.4 Å². The van der Waals surface area contributed by atoms with Crippen molar-refractivity contribution in [1.29, 1.82) is 0 Å². The number of benzene rings is 1. The number of carbonyl (C=O) groups excluding carboxylic acids is 1. The molecule has 0 aliphatic carbocycles. The first-order valence-electron chi connectivity index (χ1n) is 11.1. The van der Waals surface area contributed by atoms with Gasteiger partial charge in [-0.1, -0.05) is 13.0 Å². The zero-order valence-electron chi connectivity index (χ0n) is 18.1. The number of pyridine rings is 1. The summed E-state index contributed by atoms with van der Waals surface area (Å²) in [7, 11) is 0. The van der Waals surface area contributed by atoms with Crippen LogP contribution in [0.1, 0.15) is 30.1 Å². The number of rotatable bonds is 8. The Morgan fingerprint density at radius 2 is 2.00 bits per heavy atom. The minimum absolute atomic E-state index is 0.415. The van der Waals surface area contributed by atoms with Crippen LogP contribution in [0.15, 0.2) is 36.5 Å². The Kier molecular flexibility index (Phi) is 6.79. The van der Waals surface area contributed by atoms with E-state index in [9.17, 15) is 4.79 Å². The molecule has 31 heavy (non-hydrogen) atoms. The highest BCUT2D eigenvalue weighted by atomic mass is 16.1. The summed E-state index contributed by atoms with van der Waals surface area (Å²) in [5.41, 5.74) is 8.10. The lowest BCUT2D eigenvalue weighted by Crippen LogP contribution is -2.31. The quantitative estimate of drug-likeness (QED) is 0.483. The lowest BCUT2D eigenvalue weighted by atomic mass is 10.2. The van der Waals surface area contributed by atoms with E-state index < -0.39 is 5.91 Å². The molecule has 0 spiro atoms. The molecule has 1 amide bonds. The van der Waals surface area contributed by atoms with Crippen LogP contribution in [-0.2, 0) is 0 Å². The van der Waals surface area contributed by atoms with E-state index in [1.165, 1.54) is 26.1 Å². The Morgan fingerprint density at radius 1 is 1.16 bits per heavy atom. The van der Waals surface area contributed by atoms with Gasteiger partial charge in [-0.15, -0.1) is 0 Å². The van der Waals surface area contributed by atoms with E-state index in [2.05, 4.69) is 37.0 Å². The Balaban J connectivity index is 1.30. The van der Waals surface area contributed by atoms with Crippen LogP contribution in [0.4, 0.5) is 5.82 Å². The van der Waals surface area contributed by atoms with Gasteiger partial charge in [0.25, 0.3) is 5.91 Å². The molecule has 1 saturated heterocycles. The van der Waals surface area contributed by atoms with Crippen molar-refractivity contribution in [3.63, 3.8) is 0 Å². The minimum atomic E-state index is -0.482. The maximum atomic E-state index is 11.6. The SMILES string of the molecule is CCN1CCCN(CCCNc2ccc(-c3nc4c(C(N)=O)cccc4[nH]3)cn2)CC1. The van der Waals surface area contributed by atoms with Crippen LogP contribution < -0.4 is 11.1 Å². The number of likely N-dealkylation sites (N-methyl/N-ethyl adjacent to an activating group) is 1. The Labute approximate surface area is 182 Å². The molecule has 1 fully saturated rings.